The molecule has 0 heterocycles. The number of carbonyl (C=O) groups is 1. The minimum Gasteiger partial charge on any atom is -0.392 e. The summed E-state index contributed by atoms with van der Waals surface area (Å²) in [6.45, 7) is 0. The number of ether oxygens (including phenoxy) is 1. The maximum absolute atomic E-state index is 10.8. The Morgan fingerprint density at radius 3 is 2.20 bits per heavy atom. The van der Waals surface area contributed by atoms with Crippen molar-refractivity contribution in [1.82, 2.24) is 0 Å². The highest BCUT2D eigenvalue weighted by Crippen LogP contribution is 2.23. The Hall–Kier alpha value is -1.55. The monoisotopic (exact) mass is 209 g/mol. The van der Waals surface area contributed by atoms with Crippen molar-refractivity contribution in [2.24, 2.45) is 5.73 Å². The van der Waals surface area contributed by atoms with Crippen LogP contribution in [0.4, 0.5) is 4.79 Å². The third-order valence-electron chi connectivity index (χ3n) is 2.02. The minimum absolute atomic E-state index is 0.372. The molecule has 2 N–H and O–H groups in total. The van der Waals surface area contributed by atoms with Crippen LogP contribution in [0.1, 0.15) is 11.8 Å². The van der Waals surface area contributed by atoms with Gasteiger partial charge in [0.15, 0.2) is 0 Å². The van der Waals surface area contributed by atoms with E-state index in [2.05, 4.69) is 0 Å². The van der Waals surface area contributed by atoms with Crippen LogP contribution >= 0.6 is 0 Å². The van der Waals surface area contributed by atoms with Crippen molar-refractivity contribution in [2.45, 2.75) is 6.23 Å². The van der Waals surface area contributed by atoms with Crippen molar-refractivity contribution >= 4 is 6.09 Å². The molecule has 4 heteroatoms. The molecule has 1 unspecified atom stereocenters. The van der Waals surface area contributed by atoms with Crippen LogP contribution in [0.5, 0.6) is 0 Å². The van der Waals surface area contributed by atoms with E-state index < -0.39 is 6.09 Å². The van der Waals surface area contributed by atoms with E-state index in [-0.39, 0.29) is 6.23 Å². The van der Waals surface area contributed by atoms with Crippen LogP contribution in [-0.2, 0) is 4.74 Å². The number of quaternary nitrogens is 1. The molecule has 82 valence electrons. The Morgan fingerprint density at radius 1 is 1.27 bits per heavy atom. The maximum Gasteiger partial charge on any atom is 0.409 e. The van der Waals surface area contributed by atoms with Crippen LogP contribution in [0.2, 0.25) is 0 Å². The van der Waals surface area contributed by atoms with Crippen LogP contribution in [0.3, 0.4) is 0 Å². The van der Waals surface area contributed by atoms with Gasteiger partial charge in [-0.3, -0.25) is 4.48 Å². The minimum atomic E-state index is -0.753. The van der Waals surface area contributed by atoms with E-state index in [0.29, 0.717) is 4.48 Å². The quantitative estimate of drug-likeness (QED) is 0.605. The molecular weight excluding hydrogens is 192 g/mol. The fourth-order valence-electron chi connectivity index (χ4n) is 1.40. The number of hydrogen-bond donors (Lipinski definition) is 1. The number of amides is 1. The van der Waals surface area contributed by atoms with Crippen LogP contribution in [-0.4, -0.2) is 31.7 Å². The third kappa shape index (κ3) is 3.25. The van der Waals surface area contributed by atoms with Gasteiger partial charge in [0.05, 0.1) is 26.7 Å². The summed E-state index contributed by atoms with van der Waals surface area (Å²) in [4.78, 5) is 10.8. The van der Waals surface area contributed by atoms with E-state index in [1.54, 1.807) is 0 Å². The second-order valence-electron chi connectivity index (χ2n) is 4.32. The topological polar surface area (TPSA) is 52.3 Å². The van der Waals surface area contributed by atoms with Gasteiger partial charge < -0.3 is 10.5 Å². The molecule has 0 radical (unpaired) electrons. The highest BCUT2D eigenvalue weighted by molar-refractivity contribution is 5.64. The van der Waals surface area contributed by atoms with E-state index in [1.165, 1.54) is 0 Å². The zero-order valence-electron chi connectivity index (χ0n) is 9.31. The molecule has 1 atom stereocenters. The summed E-state index contributed by atoms with van der Waals surface area (Å²) in [7, 11) is 5.84. The average Bonchev–Trinajstić information content (AvgIpc) is 2.14. The van der Waals surface area contributed by atoms with Crippen molar-refractivity contribution in [2.75, 3.05) is 21.1 Å². The normalized spacial score (nSPS) is 13.3. The molecule has 0 aliphatic rings. The van der Waals surface area contributed by atoms with E-state index >= 15 is 0 Å². The predicted molar refractivity (Wildman–Crippen MR) is 57.9 cm³/mol. The SMILES string of the molecule is C[N+](C)(C)C(OC(N)=O)c1ccccc1. The van der Waals surface area contributed by atoms with Crippen molar-refractivity contribution in [3.8, 4) is 0 Å². The Bertz CT molecular complexity index is 330. The van der Waals surface area contributed by atoms with Crippen molar-refractivity contribution in [1.29, 1.82) is 0 Å². The van der Waals surface area contributed by atoms with E-state index in [9.17, 15) is 4.79 Å². The average molecular weight is 209 g/mol. The molecule has 1 rings (SSSR count). The first kappa shape index (κ1) is 11.5. The van der Waals surface area contributed by atoms with Crippen molar-refractivity contribution in [3.05, 3.63) is 35.9 Å². The summed E-state index contributed by atoms with van der Waals surface area (Å²) in [5.74, 6) is 0. The van der Waals surface area contributed by atoms with Crippen LogP contribution < -0.4 is 5.73 Å². The highest BCUT2D eigenvalue weighted by Gasteiger charge is 2.28. The predicted octanol–water partition coefficient (Wildman–Crippen LogP) is 1.49. The van der Waals surface area contributed by atoms with Crippen molar-refractivity contribution in [3.63, 3.8) is 0 Å². The van der Waals surface area contributed by atoms with E-state index in [0.717, 1.165) is 5.56 Å². The molecule has 1 amide bonds. The molecule has 0 saturated carbocycles. The fourth-order valence-corrected chi connectivity index (χ4v) is 1.40. The van der Waals surface area contributed by atoms with Crippen LogP contribution in [0.25, 0.3) is 0 Å². The van der Waals surface area contributed by atoms with Gasteiger partial charge in [0, 0.05) is 0 Å². The Balaban J connectivity index is 2.97. The van der Waals surface area contributed by atoms with Crippen LogP contribution in [0, 0.1) is 0 Å². The molecule has 15 heavy (non-hydrogen) atoms. The molecule has 0 fully saturated rings. The van der Waals surface area contributed by atoms with Gasteiger partial charge in [-0.15, -0.1) is 0 Å². The van der Waals surface area contributed by atoms with Gasteiger partial charge in [-0.25, -0.2) is 4.79 Å². The molecule has 0 aliphatic carbocycles. The number of benzene rings is 1. The fraction of sp³-hybridized carbons (Fsp3) is 0.364. The number of rotatable bonds is 3. The van der Waals surface area contributed by atoms with Gasteiger partial charge in [0.2, 0.25) is 0 Å². The number of hydrogen-bond acceptors (Lipinski definition) is 2. The summed E-state index contributed by atoms with van der Waals surface area (Å²) >= 11 is 0. The Morgan fingerprint density at radius 2 is 1.80 bits per heavy atom. The van der Waals surface area contributed by atoms with E-state index in [1.807, 2.05) is 51.5 Å². The number of primary amides is 1. The molecule has 0 spiro atoms. The Kier molecular flexibility index (Phi) is 3.31. The van der Waals surface area contributed by atoms with Gasteiger partial charge in [0.25, 0.3) is 6.23 Å². The number of nitrogens with two attached hydrogens (primary N) is 1. The first-order valence-electron chi connectivity index (χ1n) is 4.73. The summed E-state index contributed by atoms with van der Waals surface area (Å²) in [6, 6.07) is 9.55. The lowest BCUT2D eigenvalue weighted by Gasteiger charge is -2.32. The lowest BCUT2D eigenvalue weighted by molar-refractivity contribution is -0.923. The first-order chi connectivity index (χ1) is 6.91. The zero-order chi connectivity index (χ0) is 11.5. The summed E-state index contributed by atoms with van der Waals surface area (Å²) < 4.78 is 5.59. The lowest BCUT2D eigenvalue weighted by Crippen LogP contribution is -2.42. The second kappa shape index (κ2) is 4.31. The first-order valence-corrected chi connectivity index (χ1v) is 4.73. The maximum atomic E-state index is 10.8. The second-order valence-corrected chi connectivity index (χ2v) is 4.32. The van der Waals surface area contributed by atoms with Gasteiger partial charge in [-0.1, -0.05) is 18.2 Å². The summed E-state index contributed by atoms with van der Waals surface area (Å²) in [5, 5.41) is 0. The summed E-state index contributed by atoms with van der Waals surface area (Å²) in [6.07, 6.45) is -1.12. The highest BCUT2D eigenvalue weighted by atomic mass is 16.6. The molecule has 0 aliphatic heterocycles. The van der Waals surface area contributed by atoms with Gasteiger partial charge in [-0.05, 0) is 12.1 Å². The van der Waals surface area contributed by atoms with Crippen molar-refractivity contribution < 1.29 is 14.0 Å². The number of carbonyl (C=O) groups excluding carboxylic acids is 1. The van der Waals surface area contributed by atoms with Gasteiger partial charge in [0.1, 0.15) is 0 Å². The van der Waals surface area contributed by atoms with Gasteiger partial charge in [-0.2, -0.15) is 0 Å². The lowest BCUT2D eigenvalue weighted by atomic mass is 10.2. The molecule has 0 bridgehead atoms. The van der Waals surface area contributed by atoms with Gasteiger partial charge >= 0.3 is 6.09 Å². The number of nitrogens with zero attached hydrogens (tertiary/aromatic N) is 1. The standard InChI is InChI=1S/C11H16N2O2/c1-13(2,3)10(15-11(12)14)9-7-5-4-6-8-9/h4-8,10H,1-3H3,(H-,12,14)/p+1. The molecule has 0 aromatic heterocycles. The third-order valence-corrected chi connectivity index (χ3v) is 2.02. The van der Waals surface area contributed by atoms with E-state index in [4.69, 9.17) is 10.5 Å². The molecular formula is C11H17N2O2+. The van der Waals surface area contributed by atoms with Crippen LogP contribution in [0.15, 0.2) is 30.3 Å². The molecule has 1 aromatic carbocycles. The largest absolute Gasteiger partial charge is 0.409 e. The summed E-state index contributed by atoms with van der Waals surface area (Å²) in [5.41, 5.74) is 5.99. The zero-order valence-corrected chi connectivity index (χ0v) is 9.31. The molecule has 4 nitrogen and oxygen atoms in total. The smallest absolute Gasteiger partial charge is 0.392 e. The Labute approximate surface area is 89.8 Å². The molecule has 1 aromatic rings. The molecule has 0 saturated heterocycles.